The van der Waals surface area contributed by atoms with Crippen LogP contribution in [0.4, 0.5) is 0 Å². The highest BCUT2D eigenvalue weighted by Gasteiger charge is 2.23. The molecule has 0 radical (unpaired) electrons. The fraction of sp³-hybridized carbons (Fsp3) is 0.318. The second-order valence-electron chi connectivity index (χ2n) is 6.79. The molecule has 2 N–H and O–H groups in total. The highest BCUT2D eigenvalue weighted by Crippen LogP contribution is 2.21. The summed E-state index contributed by atoms with van der Waals surface area (Å²) in [5.74, 6) is -0.0931. The lowest BCUT2D eigenvalue weighted by atomic mass is 9.98. The lowest BCUT2D eigenvalue weighted by molar-refractivity contribution is -0.124. The minimum Gasteiger partial charge on any atom is -0.339 e. The van der Waals surface area contributed by atoms with Crippen molar-refractivity contribution in [1.82, 2.24) is 10.6 Å². The molecule has 1 saturated heterocycles. The Morgan fingerprint density at radius 2 is 1.96 bits per heavy atom. The van der Waals surface area contributed by atoms with E-state index in [0.717, 1.165) is 42.5 Å². The standard InChI is InChI=1S/C22H22N4O/c23-14-16-7-9-18(10-8-16)19-5-3-4-17(12-19)13-20(15-24)26-22(27)21-6-1-2-11-25-21/h3-5,7-10,12,20-21,25H,1-2,6,11,13H2,(H,26,27)/t20-,21-/m0/s1. The first-order chi connectivity index (χ1) is 13.2. The molecule has 1 aliphatic rings. The summed E-state index contributed by atoms with van der Waals surface area (Å²) in [5, 5.41) is 24.4. The summed E-state index contributed by atoms with van der Waals surface area (Å²) >= 11 is 0. The van der Waals surface area contributed by atoms with Crippen LogP contribution in [0.15, 0.2) is 48.5 Å². The molecule has 5 nitrogen and oxygen atoms in total. The van der Waals surface area contributed by atoms with Gasteiger partial charge in [0.15, 0.2) is 0 Å². The molecule has 0 spiro atoms. The number of carbonyl (C=O) groups is 1. The average molecular weight is 358 g/mol. The minimum atomic E-state index is -0.558. The number of hydrogen-bond acceptors (Lipinski definition) is 4. The summed E-state index contributed by atoms with van der Waals surface area (Å²) in [6.45, 7) is 0.849. The maximum Gasteiger partial charge on any atom is 0.238 e. The number of carbonyl (C=O) groups excluding carboxylic acids is 1. The molecule has 0 bridgehead atoms. The van der Waals surface area contributed by atoms with Crippen molar-refractivity contribution in [1.29, 1.82) is 10.5 Å². The molecule has 2 atom stereocenters. The number of nitrogens with zero attached hydrogens (tertiary/aromatic N) is 2. The zero-order valence-electron chi connectivity index (χ0n) is 15.1. The van der Waals surface area contributed by atoms with Crippen LogP contribution in [0.2, 0.25) is 0 Å². The second-order valence-corrected chi connectivity index (χ2v) is 6.79. The van der Waals surface area contributed by atoms with Gasteiger partial charge < -0.3 is 10.6 Å². The van der Waals surface area contributed by atoms with Crippen LogP contribution in [-0.2, 0) is 11.2 Å². The van der Waals surface area contributed by atoms with E-state index in [1.54, 1.807) is 12.1 Å². The maximum absolute atomic E-state index is 12.4. The van der Waals surface area contributed by atoms with E-state index in [4.69, 9.17) is 5.26 Å². The van der Waals surface area contributed by atoms with Crippen molar-refractivity contribution in [2.24, 2.45) is 0 Å². The maximum atomic E-state index is 12.4. The number of amides is 1. The van der Waals surface area contributed by atoms with Gasteiger partial charge in [0, 0.05) is 6.42 Å². The first-order valence-corrected chi connectivity index (χ1v) is 9.22. The molecule has 1 heterocycles. The van der Waals surface area contributed by atoms with Gasteiger partial charge in [-0.2, -0.15) is 10.5 Å². The number of benzene rings is 2. The van der Waals surface area contributed by atoms with Crippen molar-refractivity contribution in [3.63, 3.8) is 0 Å². The van der Waals surface area contributed by atoms with Gasteiger partial charge in [-0.05, 0) is 48.2 Å². The lowest BCUT2D eigenvalue weighted by Gasteiger charge is -2.24. The van der Waals surface area contributed by atoms with Gasteiger partial charge in [-0.15, -0.1) is 0 Å². The van der Waals surface area contributed by atoms with E-state index in [9.17, 15) is 10.1 Å². The van der Waals surface area contributed by atoms with Crippen LogP contribution in [0, 0.1) is 22.7 Å². The third-order valence-electron chi connectivity index (χ3n) is 4.81. The highest BCUT2D eigenvalue weighted by molar-refractivity contribution is 5.82. The molecule has 2 aromatic rings. The van der Waals surface area contributed by atoms with Crippen molar-refractivity contribution in [2.75, 3.05) is 6.54 Å². The van der Waals surface area contributed by atoms with Gasteiger partial charge >= 0.3 is 0 Å². The molecule has 0 saturated carbocycles. The quantitative estimate of drug-likeness (QED) is 0.860. The van der Waals surface area contributed by atoms with Gasteiger partial charge in [-0.1, -0.05) is 42.8 Å². The third kappa shape index (κ3) is 4.94. The van der Waals surface area contributed by atoms with Crippen LogP contribution in [0.1, 0.15) is 30.4 Å². The Bertz CT molecular complexity index is 870. The van der Waals surface area contributed by atoms with Gasteiger partial charge in [0.2, 0.25) is 5.91 Å². The SMILES string of the molecule is N#Cc1ccc(-c2cccc(C[C@@H](C#N)NC(=O)[C@@H]3CCCCN3)c2)cc1. The Kier molecular flexibility index (Phi) is 6.20. The number of nitriles is 2. The summed E-state index contributed by atoms with van der Waals surface area (Å²) in [6.07, 6.45) is 3.40. The van der Waals surface area contributed by atoms with E-state index >= 15 is 0 Å². The average Bonchev–Trinajstić information content (AvgIpc) is 2.74. The summed E-state index contributed by atoms with van der Waals surface area (Å²) in [5.41, 5.74) is 3.65. The highest BCUT2D eigenvalue weighted by atomic mass is 16.2. The summed E-state index contributed by atoms with van der Waals surface area (Å²) in [4.78, 5) is 12.4. The van der Waals surface area contributed by atoms with Crippen LogP contribution >= 0.6 is 0 Å². The van der Waals surface area contributed by atoms with Crippen molar-refractivity contribution in [2.45, 2.75) is 37.8 Å². The molecule has 1 amide bonds. The Morgan fingerprint density at radius 1 is 1.15 bits per heavy atom. The van der Waals surface area contributed by atoms with Gasteiger partial charge in [0.05, 0.1) is 23.7 Å². The van der Waals surface area contributed by atoms with E-state index in [0.29, 0.717) is 12.0 Å². The summed E-state index contributed by atoms with van der Waals surface area (Å²) in [7, 11) is 0. The van der Waals surface area contributed by atoms with Crippen LogP contribution in [-0.4, -0.2) is 24.5 Å². The summed E-state index contributed by atoms with van der Waals surface area (Å²) < 4.78 is 0. The second kappa shape index (κ2) is 8.98. The Balaban J connectivity index is 1.67. The number of nitrogens with one attached hydrogen (secondary N) is 2. The van der Waals surface area contributed by atoms with E-state index < -0.39 is 6.04 Å². The van der Waals surface area contributed by atoms with E-state index in [-0.39, 0.29) is 11.9 Å². The van der Waals surface area contributed by atoms with Crippen LogP contribution in [0.25, 0.3) is 11.1 Å². The first-order valence-electron chi connectivity index (χ1n) is 9.22. The topological polar surface area (TPSA) is 88.7 Å². The van der Waals surface area contributed by atoms with Crippen LogP contribution < -0.4 is 10.6 Å². The van der Waals surface area contributed by atoms with Crippen molar-refractivity contribution in [3.05, 3.63) is 59.7 Å². The number of rotatable bonds is 5. The predicted octanol–water partition coefficient (Wildman–Crippen LogP) is 2.92. The molecule has 0 aliphatic carbocycles. The number of hydrogen-bond donors (Lipinski definition) is 2. The fourth-order valence-corrected chi connectivity index (χ4v) is 3.33. The first kappa shape index (κ1) is 18.6. The van der Waals surface area contributed by atoms with Gasteiger partial charge in [-0.25, -0.2) is 0 Å². The van der Waals surface area contributed by atoms with E-state index in [2.05, 4.69) is 22.8 Å². The van der Waals surface area contributed by atoms with Crippen LogP contribution in [0.3, 0.4) is 0 Å². The minimum absolute atomic E-state index is 0.0931. The third-order valence-corrected chi connectivity index (χ3v) is 4.81. The van der Waals surface area contributed by atoms with Gasteiger partial charge in [-0.3, -0.25) is 4.79 Å². The van der Waals surface area contributed by atoms with Crippen molar-refractivity contribution >= 4 is 5.91 Å². The molecule has 27 heavy (non-hydrogen) atoms. The molecule has 1 fully saturated rings. The Morgan fingerprint density at radius 3 is 2.63 bits per heavy atom. The van der Waals surface area contributed by atoms with Crippen molar-refractivity contribution in [3.8, 4) is 23.3 Å². The number of piperidine rings is 1. The van der Waals surface area contributed by atoms with Crippen LogP contribution in [0.5, 0.6) is 0 Å². The molecule has 5 heteroatoms. The fourth-order valence-electron chi connectivity index (χ4n) is 3.33. The molecule has 2 aromatic carbocycles. The monoisotopic (exact) mass is 358 g/mol. The smallest absolute Gasteiger partial charge is 0.238 e. The van der Waals surface area contributed by atoms with E-state index in [1.165, 1.54) is 0 Å². The Hall–Kier alpha value is -3.15. The van der Waals surface area contributed by atoms with E-state index in [1.807, 2.05) is 36.4 Å². The van der Waals surface area contributed by atoms with Crippen molar-refractivity contribution < 1.29 is 4.79 Å². The molecule has 3 rings (SSSR count). The zero-order chi connectivity index (χ0) is 19.1. The largest absolute Gasteiger partial charge is 0.339 e. The molecule has 136 valence electrons. The summed E-state index contributed by atoms with van der Waals surface area (Å²) in [6, 6.07) is 18.9. The molecular weight excluding hydrogens is 336 g/mol. The Labute approximate surface area is 159 Å². The van der Waals surface area contributed by atoms with Gasteiger partial charge in [0.1, 0.15) is 6.04 Å². The normalized spacial score (nSPS) is 17.3. The predicted molar refractivity (Wildman–Crippen MR) is 103 cm³/mol. The molecule has 0 unspecified atom stereocenters. The molecular formula is C22H22N4O. The molecule has 1 aliphatic heterocycles. The molecule has 0 aromatic heterocycles. The zero-order valence-corrected chi connectivity index (χ0v) is 15.1. The van der Waals surface area contributed by atoms with Gasteiger partial charge in [0.25, 0.3) is 0 Å². The lowest BCUT2D eigenvalue weighted by Crippen LogP contribution is -2.49.